The summed E-state index contributed by atoms with van der Waals surface area (Å²) in [4.78, 5) is 22.9. The Balaban J connectivity index is 2.75. The Kier molecular flexibility index (Phi) is 5.96. The topological polar surface area (TPSA) is 66.4 Å². The second-order valence-electron chi connectivity index (χ2n) is 5.45. The molecule has 122 valence electrons. The molecule has 1 atom stereocenters. The minimum absolute atomic E-state index is 0.122. The highest BCUT2D eigenvalue weighted by atomic mass is 19.4. The van der Waals surface area contributed by atoms with E-state index >= 15 is 0 Å². The van der Waals surface area contributed by atoms with Crippen LogP contribution in [0.1, 0.15) is 36.2 Å². The molecule has 0 aliphatic carbocycles. The highest BCUT2D eigenvalue weighted by molar-refractivity contribution is 5.94. The average molecular weight is 317 g/mol. The largest absolute Gasteiger partial charge is 0.481 e. The van der Waals surface area contributed by atoms with Crippen LogP contribution in [0.4, 0.5) is 13.2 Å². The molecule has 1 amide bonds. The predicted octanol–water partition coefficient (Wildman–Crippen LogP) is 3.18. The van der Waals surface area contributed by atoms with Crippen LogP contribution in [0, 0.1) is 11.8 Å². The number of benzene rings is 1. The SMILES string of the molecule is CC(C)CC(CNC(=O)c1cccc(C(F)(F)F)c1)C(=O)O. The van der Waals surface area contributed by atoms with E-state index in [1.807, 2.05) is 13.8 Å². The molecule has 0 aliphatic rings. The van der Waals surface area contributed by atoms with Gasteiger partial charge in [-0.2, -0.15) is 13.2 Å². The lowest BCUT2D eigenvalue weighted by Crippen LogP contribution is -2.33. The summed E-state index contributed by atoms with van der Waals surface area (Å²) in [7, 11) is 0. The summed E-state index contributed by atoms with van der Waals surface area (Å²) >= 11 is 0. The number of hydrogen-bond donors (Lipinski definition) is 2. The van der Waals surface area contributed by atoms with Gasteiger partial charge in [-0.15, -0.1) is 0 Å². The first-order chi connectivity index (χ1) is 10.1. The van der Waals surface area contributed by atoms with Gasteiger partial charge in [-0.1, -0.05) is 19.9 Å². The normalized spacial score (nSPS) is 13.0. The molecule has 1 rings (SSSR count). The van der Waals surface area contributed by atoms with Gasteiger partial charge >= 0.3 is 12.1 Å². The van der Waals surface area contributed by atoms with Gasteiger partial charge in [-0.3, -0.25) is 9.59 Å². The number of amides is 1. The van der Waals surface area contributed by atoms with E-state index in [1.165, 1.54) is 6.07 Å². The highest BCUT2D eigenvalue weighted by Crippen LogP contribution is 2.29. The van der Waals surface area contributed by atoms with Crippen molar-refractivity contribution in [1.29, 1.82) is 0 Å². The van der Waals surface area contributed by atoms with Crippen molar-refractivity contribution in [3.63, 3.8) is 0 Å². The molecule has 0 aliphatic heterocycles. The molecular formula is C15H18F3NO3. The van der Waals surface area contributed by atoms with E-state index in [2.05, 4.69) is 5.32 Å². The second-order valence-corrected chi connectivity index (χ2v) is 5.45. The molecular weight excluding hydrogens is 299 g/mol. The summed E-state index contributed by atoms with van der Waals surface area (Å²) in [5, 5.41) is 11.4. The number of aliphatic carboxylic acids is 1. The molecule has 0 fully saturated rings. The molecule has 0 aromatic heterocycles. The first kappa shape index (κ1) is 18.0. The molecule has 1 aromatic rings. The summed E-state index contributed by atoms with van der Waals surface area (Å²) in [5.41, 5.74) is -1.07. The average Bonchev–Trinajstić information content (AvgIpc) is 2.41. The molecule has 0 saturated heterocycles. The van der Waals surface area contributed by atoms with E-state index in [-0.39, 0.29) is 18.0 Å². The van der Waals surface area contributed by atoms with Crippen LogP contribution in [0.5, 0.6) is 0 Å². The molecule has 4 nitrogen and oxygen atoms in total. The van der Waals surface area contributed by atoms with Crippen LogP contribution >= 0.6 is 0 Å². The molecule has 22 heavy (non-hydrogen) atoms. The minimum atomic E-state index is -4.53. The number of carboxylic acids is 1. The number of carboxylic acid groups (broad SMARTS) is 1. The zero-order valence-electron chi connectivity index (χ0n) is 12.3. The fraction of sp³-hybridized carbons (Fsp3) is 0.467. The number of rotatable bonds is 6. The summed E-state index contributed by atoms with van der Waals surface area (Å²) in [6.45, 7) is 3.58. The Hall–Kier alpha value is -2.05. The van der Waals surface area contributed by atoms with E-state index < -0.39 is 29.5 Å². The maximum atomic E-state index is 12.6. The van der Waals surface area contributed by atoms with Crippen LogP contribution in [0.2, 0.25) is 0 Å². The van der Waals surface area contributed by atoms with Crippen molar-refractivity contribution in [3.05, 3.63) is 35.4 Å². The van der Waals surface area contributed by atoms with Gasteiger partial charge in [-0.25, -0.2) is 0 Å². The molecule has 0 spiro atoms. The van der Waals surface area contributed by atoms with Gasteiger partial charge in [0.05, 0.1) is 11.5 Å². The van der Waals surface area contributed by atoms with Gasteiger partial charge < -0.3 is 10.4 Å². The fourth-order valence-corrected chi connectivity index (χ4v) is 2.00. The lowest BCUT2D eigenvalue weighted by atomic mass is 9.97. The van der Waals surface area contributed by atoms with Crippen LogP contribution < -0.4 is 5.32 Å². The van der Waals surface area contributed by atoms with Gasteiger partial charge in [0.15, 0.2) is 0 Å². The van der Waals surface area contributed by atoms with Gasteiger partial charge in [0.1, 0.15) is 0 Å². The molecule has 0 radical (unpaired) electrons. The second kappa shape index (κ2) is 7.29. The minimum Gasteiger partial charge on any atom is -0.481 e. The van der Waals surface area contributed by atoms with Gasteiger partial charge in [0, 0.05) is 12.1 Å². The van der Waals surface area contributed by atoms with Gasteiger partial charge in [0.25, 0.3) is 5.91 Å². The number of nitrogens with one attached hydrogen (secondary N) is 1. The molecule has 1 aromatic carbocycles. The number of carbonyl (C=O) groups excluding carboxylic acids is 1. The van der Waals surface area contributed by atoms with Crippen LogP contribution in [0.15, 0.2) is 24.3 Å². The first-order valence-corrected chi connectivity index (χ1v) is 6.79. The predicted molar refractivity (Wildman–Crippen MR) is 74.4 cm³/mol. The Morgan fingerprint density at radius 3 is 2.41 bits per heavy atom. The summed E-state index contributed by atoms with van der Waals surface area (Å²) in [5.74, 6) is -2.40. The van der Waals surface area contributed by atoms with Crippen molar-refractivity contribution in [2.24, 2.45) is 11.8 Å². The van der Waals surface area contributed by atoms with Crippen LogP contribution in [0.25, 0.3) is 0 Å². The van der Waals surface area contributed by atoms with Crippen molar-refractivity contribution in [2.75, 3.05) is 6.54 Å². The smallest absolute Gasteiger partial charge is 0.416 e. The van der Waals surface area contributed by atoms with Crippen molar-refractivity contribution >= 4 is 11.9 Å². The van der Waals surface area contributed by atoms with Crippen molar-refractivity contribution in [1.82, 2.24) is 5.32 Å². The van der Waals surface area contributed by atoms with E-state index in [1.54, 1.807) is 0 Å². The Bertz CT molecular complexity index is 541. The number of alkyl halides is 3. The zero-order valence-corrected chi connectivity index (χ0v) is 12.3. The maximum absolute atomic E-state index is 12.6. The van der Waals surface area contributed by atoms with E-state index in [0.29, 0.717) is 6.42 Å². The molecule has 2 N–H and O–H groups in total. The van der Waals surface area contributed by atoms with E-state index in [4.69, 9.17) is 5.11 Å². The summed E-state index contributed by atoms with van der Waals surface area (Å²) < 4.78 is 37.8. The first-order valence-electron chi connectivity index (χ1n) is 6.79. The highest BCUT2D eigenvalue weighted by Gasteiger charge is 2.31. The van der Waals surface area contributed by atoms with Crippen molar-refractivity contribution in [3.8, 4) is 0 Å². The molecule has 0 heterocycles. The number of halogens is 3. The zero-order chi connectivity index (χ0) is 16.9. The standard InChI is InChI=1S/C15H18F3NO3/c1-9(2)6-11(14(21)22)8-19-13(20)10-4-3-5-12(7-10)15(16,17)18/h3-5,7,9,11H,6,8H2,1-2H3,(H,19,20)(H,21,22). The Morgan fingerprint density at radius 2 is 1.91 bits per heavy atom. The lowest BCUT2D eigenvalue weighted by Gasteiger charge is -2.15. The monoisotopic (exact) mass is 317 g/mol. The Morgan fingerprint density at radius 1 is 1.27 bits per heavy atom. The number of hydrogen-bond acceptors (Lipinski definition) is 2. The van der Waals surface area contributed by atoms with Gasteiger partial charge in [0.2, 0.25) is 0 Å². The molecule has 0 bridgehead atoms. The van der Waals surface area contributed by atoms with E-state index in [0.717, 1.165) is 18.2 Å². The summed E-state index contributed by atoms with van der Waals surface area (Å²) in [6, 6.07) is 4.01. The third-order valence-corrected chi connectivity index (χ3v) is 3.07. The summed E-state index contributed by atoms with van der Waals surface area (Å²) in [6.07, 6.45) is -4.16. The lowest BCUT2D eigenvalue weighted by molar-refractivity contribution is -0.142. The third kappa shape index (κ3) is 5.38. The maximum Gasteiger partial charge on any atom is 0.416 e. The van der Waals surface area contributed by atoms with Crippen LogP contribution in [0.3, 0.4) is 0 Å². The van der Waals surface area contributed by atoms with Crippen LogP contribution in [-0.4, -0.2) is 23.5 Å². The van der Waals surface area contributed by atoms with E-state index in [9.17, 15) is 22.8 Å². The molecule has 1 unspecified atom stereocenters. The number of carbonyl (C=O) groups is 2. The van der Waals surface area contributed by atoms with Crippen LogP contribution in [-0.2, 0) is 11.0 Å². The van der Waals surface area contributed by atoms with Crippen molar-refractivity contribution < 1.29 is 27.9 Å². The Labute approximate surface area is 126 Å². The quantitative estimate of drug-likeness (QED) is 0.847. The van der Waals surface area contributed by atoms with Gasteiger partial charge in [-0.05, 0) is 30.5 Å². The molecule has 7 heteroatoms. The molecule has 0 saturated carbocycles. The fourth-order valence-electron chi connectivity index (χ4n) is 2.00. The van der Waals surface area contributed by atoms with Crippen molar-refractivity contribution in [2.45, 2.75) is 26.4 Å². The third-order valence-electron chi connectivity index (χ3n) is 3.07.